The van der Waals surface area contributed by atoms with Gasteiger partial charge in [-0.1, -0.05) is 11.6 Å². The maximum atomic E-state index is 12.5. The fourth-order valence-electron chi connectivity index (χ4n) is 1.93. The van der Waals surface area contributed by atoms with Gasteiger partial charge in [-0.25, -0.2) is 5.01 Å². The molecule has 0 spiro atoms. The highest BCUT2D eigenvalue weighted by Gasteiger charge is 2.24. The SMILES string of the molecule is Cc1occc1C(=O)N(NC(=O)c1ccc(Cl)cc1)C(C)C. The predicted octanol–water partition coefficient (Wildman–Crippen LogP) is 3.44. The molecule has 6 heteroatoms. The fourth-order valence-corrected chi connectivity index (χ4v) is 2.05. The Morgan fingerprint density at radius 3 is 2.32 bits per heavy atom. The molecule has 0 aliphatic carbocycles. The van der Waals surface area contributed by atoms with Gasteiger partial charge in [0.15, 0.2) is 0 Å². The van der Waals surface area contributed by atoms with E-state index in [0.717, 1.165) is 0 Å². The summed E-state index contributed by atoms with van der Waals surface area (Å²) in [5, 5.41) is 1.83. The Bertz CT molecular complexity index is 677. The van der Waals surface area contributed by atoms with Crippen LogP contribution in [0, 0.1) is 6.92 Å². The minimum Gasteiger partial charge on any atom is -0.469 e. The number of hydrogen-bond donors (Lipinski definition) is 1. The highest BCUT2D eigenvalue weighted by Crippen LogP contribution is 2.14. The summed E-state index contributed by atoms with van der Waals surface area (Å²) in [5.41, 5.74) is 3.47. The molecule has 116 valence electrons. The van der Waals surface area contributed by atoms with Gasteiger partial charge in [0.2, 0.25) is 0 Å². The monoisotopic (exact) mass is 320 g/mol. The molecule has 0 radical (unpaired) electrons. The minimum atomic E-state index is -0.375. The molecule has 0 saturated carbocycles. The van der Waals surface area contributed by atoms with Crippen LogP contribution in [-0.4, -0.2) is 22.9 Å². The van der Waals surface area contributed by atoms with Gasteiger partial charge in [0, 0.05) is 16.6 Å². The van der Waals surface area contributed by atoms with E-state index in [2.05, 4.69) is 5.43 Å². The first-order valence-electron chi connectivity index (χ1n) is 6.84. The Morgan fingerprint density at radius 2 is 1.82 bits per heavy atom. The molecule has 2 rings (SSSR count). The molecule has 0 atom stereocenters. The van der Waals surface area contributed by atoms with Crippen LogP contribution in [0.1, 0.15) is 40.3 Å². The van der Waals surface area contributed by atoms with Gasteiger partial charge in [-0.3, -0.25) is 15.0 Å². The van der Waals surface area contributed by atoms with E-state index in [1.165, 1.54) is 11.3 Å². The highest BCUT2D eigenvalue weighted by molar-refractivity contribution is 6.30. The summed E-state index contributed by atoms with van der Waals surface area (Å²) in [5.74, 6) is -0.181. The van der Waals surface area contributed by atoms with Gasteiger partial charge >= 0.3 is 0 Å². The van der Waals surface area contributed by atoms with E-state index in [9.17, 15) is 9.59 Å². The van der Waals surface area contributed by atoms with Crippen molar-refractivity contribution in [1.82, 2.24) is 10.4 Å². The van der Waals surface area contributed by atoms with Gasteiger partial charge in [0.1, 0.15) is 5.76 Å². The molecule has 1 heterocycles. The molecule has 1 aromatic carbocycles. The molecule has 0 aliphatic heterocycles. The first-order chi connectivity index (χ1) is 10.4. The number of halogens is 1. The lowest BCUT2D eigenvalue weighted by Crippen LogP contribution is -2.50. The number of nitrogens with one attached hydrogen (secondary N) is 1. The van der Waals surface area contributed by atoms with Crippen molar-refractivity contribution in [3.8, 4) is 0 Å². The van der Waals surface area contributed by atoms with E-state index in [1.54, 1.807) is 37.3 Å². The molecule has 0 fully saturated rings. The zero-order valence-electron chi connectivity index (χ0n) is 12.6. The second kappa shape index (κ2) is 6.66. The lowest BCUT2D eigenvalue weighted by Gasteiger charge is -2.27. The van der Waals surface area contributed by atoms with Crippen LogP contribution >= 0.6 is 11.6 Å². The fraction of sp³-hybridized carbons (Fsp3) is 0.250. The molecule has 0 unspecified atom stereocenters. The Hall–Kier alpha value is -2.27. The van der Waals surface area contributed by atoms with E-state index in [4.69, 9.17) is 16.0 Å². The quantitative estimate of drug-likeness (QED) is 0.881. The summed E-state index contributed by atoms with van der Waals surface area (Å²) < 4.78 is 5.14. The normalized spacial score (nSPS) is 10.6. The molecule has 1 N–H and O–H groups in total. The van der Waals surface area contributed by atoms with E-state index >= 15 is 0 Å². The van der Waals surface area contributed by atoms with Crippen LogP contribution in [0.5, 0.6) is 0 Å². The Labute approximate surface area is 133 Å². The summed E-state index contributed by atoms with van der Waals surface area (Å²) in [6.07, 6.45) is 1.45. The number of hydrazine groups is 1. The highest BCUT2D eigenvalue weighted by atomic mass is 35.5. The third-order valence-corrected chi connectivity index (χ3v) is 3.40. The van der Waals surface area contributed by atoms with Crippen molar-refractivity contribution in [1.29, 1.82) is 0 Å². The average molecular weight is 321 g/mol. The summed E-state index contributed by atoms with van der Waals surface area (Å²) >= 11 is 5.80. The third kappa shape index (κ3) is 3.49. The molecule has 0 aliphatic rings. The number of carbonyl (C=O) groups excluding carboxylic acids is 2. The molecule has 2 amide bonds. The molecule has 5 nitrogen and oxygen atoms in total. The van der Waals surface area contributed by atoms with Crippen molar-refractivity contribution in [3.63, 3.8) is 0 Å². The second-order valence-electron chi connectivity index (χ2n) is 5.11. The van der Waals surface area contributed by atoms with Crippen LogP contribution in [0.2, 0.25) is 5.02 Å². The van der Waals surface area contributed by atoms with Crippen LogP contribution in [0.3, 0.4) is 0 Å². The summed E-state index contributed by atoms with van der Waals surface area (Å²) in [6, 6.07) is 7.82. The van der Waals surface area contributed by atoms with Crippen LogP contribution in [0.4, 0.5) is 0 Å². The molecule has 1 aromatic heterocycles. The van der Waals surface area contributed by atoms with Crippen molar-refractivity contribution >= 4 is 23.4 Å². The number of nitrogens with zero attached hydrogens (tertiary/aromatic N) is 1. The van der Waals surface area contributed by atoms with E-state index in [1.807, 2.05) is 13.8 Å². The van der Waals surface area contributed by atoms with Gasteiger partial charge in [0.05, 0.1) is 11.8 Å². The zero-order chi connectivity index (χ0) is 16.3. The number of benzene rings is 1. The van der Waals surface area contributed by atoms with Gasteiger partial charge in [-0.05, 0) is 51.1 Å². The van der Waals surface area contributed by atoms with Crippen molar-refractivity contribution in [3.05, 3.63) is 58.5 Å². The minimum absolute atomic E-state index is 0.210. The Balaban J connectivity index is 2.19. The standard InChI is InChI=1S/C16H17ClN2O3/c1-10(2)19(16(21)14-8-9-22-11(14)3)18-15(20)12-4-6-13(17)7-5-12/h4-10H,1-3H3,(H,18,20). The van der Waals surface area contributed by atoms with E-state index < -0.39 is 0 Å². The Kier molecular flexibility index (Phi) is 4.88. The number of hydrogen-bond acceptors (Lipinski definition) is 3. The Morgan fingerprint density at radius 1 is 1.18 bits per heavy atom. The first kappa shape index (κ1) is 16.1. The maximum absolute atomic E-state index is 12.5. The number of furan rings is 1. The smallest absolute Gasteiger partial charge is 0.276 e. The van der Waals surface area contributed by atoms with Gasteiger partial charge in [-0.15, -0.1) is 0 Å². The van der Waals surface area contributed by atoms with Gasteiger partial charge < -0.3 is 4.42 Å². The van der Waals surface area contributed by atoms with Crippen LogP contribution < -0.4 is 5.43 Å². The van der Waals surface area contributed by atoms with Crippen molar-refractivity contribution in [2.45, 2.75) is 26.8 Å². The zero-order valence-corrected chi connectivity index (χ0v) is 13.3. The maximum Gasteiger partial charge on any atom is 0.276 e. The second-order valence-corrected chi connectivity index (χ2v) is 5.54. The molecular weight excluding hydrogens is 304 g/mol. The summed E-state index contributed by atoms with van der Waals surface area (Å²) in [4.78, 5) is 24.8. The molecule has 0 bridgehead atoms. The summed E-state index contributed by atoms with van der Waals surface area (Å²) in [6.45, 7) is 5.33. The molecular formula is C16H17ClN2O3. The first-order valence-corrected chi connectivity index (χ1v) is 7.22. The lowest BCUT2D eigenvalue weighted by molar-refractivity contribution is 0.0514. The molecule has 0 saturated heterocycles. The van der Waals surface area contributed by atoms with Crippen LogP contribution in [-0.2, 0) is 0 Å². The van der Waals surface area contributed by atoms with Crippen molar-refractivity contribution < 1.29 is 14.0 Å². The van der Waals surface area contributed by atoms with E-state index in [-0.39, 0.29) is 17.9 Å². The largest absolute Gasteiger partial charge is 0.469 e. The van der Waals surface area contributed by atoms with E-state index in [0.29, 0.717) is 21.9 Å². The molecule has 22 heavy (non-hydrogen) atoms. The van der Waals surface area contributed by atoms with Crippen LogP contribution in [0.15, 0.2) is 41.0 Å². The number of carbonyl (C=O) groups is 2. The van der Waals surface area contributed by atoms with Crippen molar-refractivity contribution in [2.24, 2.45) is 0 Å². The third-order valence-electron chi connectivity index (χ3n) is 3.15. The van der Waals surface area contributed by atoms with Gasteiger partial charge in [-0.2, -0.15) is 0 Å². The van der Waals surface area contributed by atoms with Crippen LogP contribution in [0.25, 0.3) is 0 Å². The number of amides is 2. The lowest BCUT2D eigenvalue weighted by atomic mass is 10.2. The number of aryl methyl sites for hydroxylation is 1. The average Bonchev–Trinajstić information content (AvgIpc) is 2.90. The predicted molar refractivity (Wildman–Crippen MR) is 83.7 cm³/mol. The summed E-state index contributed by atoms with van der Waals surface area (Å²) in [7, 11) is 0. The van der Waals surface area contributed by atoms with Crippen molar-refractivity contribution in [2.75, 3.05) is 0 Å². The molecule has 2 aromatic rings. The number of rotatable bonds is 3. The van der Waals surface area contributed by atoms with Gasteiger partial charge in [0.25, 0.3) is 11.8 Å². The topological polar surface area (TPSA) is 62.6 Å².